The van der Waals surface area contributed by atoms with Gasteiger partial charge in [-0.3, -0.25) is 19.3 Å². The number of nitrogens with zero attached hydrogens (tertiary/aromatic N) is 2. The van der Waals surface area contributed by atoms with E-state index in [0.29, 0.717) is 39.8 Å². The molecule has 0 aliphatic rings. The molecule has 0 aliphatic carbocycles. The Hall–Kier alpha value is -4.66. The Morgan fingerprint density at radius 3 is 1.64 bits per heavy atom. The number of hydrogen-bond acceptors (Lipinski definition) is 10. The number of amides is 1. The second kappa shape index (κ2) is 14.9. The van der Waals surface area contributed by atoms with Crippen LogP contribution < -0.4 is 29.8 Å². The first kappa shape index (κ1) is 30.6. The van der Waals surface area contributed by atoms with Crippen LogP contribution in [0.25, 0.3) is 0 Å². The molecule has 0 radical (unpaired) electrons. The Labute approximate surface area is 225 Å². The van der Waals surface area contributed by atoms with E-state index in [1.807, 2.05) is 12.1 Å². The van der Waals surface area contributed by atoms with Crippen molar-refractivity contribution < 1.29 is 41.3 Å². The van der Waals surface area contributed by atoms with Crippen molar-refractivity contribution >= 4 is 34.4 Å². The molecule has 1 amide bonds. The van der Waals surface area contributed by atoms with Gasteiger partial charge >= 0.3 is 10.4 Å². The molecule has 3 aromatic rings. The van der Waals surface area contributed by atoms with Crippen molar-refractivity contribution in [3.8, 4) is 23.0 Å². The Bertz CT molecular complexity index is 1400. The van der Waals surface area contributed by atoms with Gasteiger partial charge in [-0.25, -0.2) is 5.43 Å². The maximum Gasteiger partial charge on any atom is 0.394 e. The van der Waals surface area contributed by atoms with Crippen LogP contribution in [0.4, 0.5) is 5.69 Å². The number of methoxy groups -OCH3 is 4. The fourth-order valence-corrected chi connectivity index (χ4v) is 2.95. The smallest absolute Gasteiger partial charge is 0.394 e. The minimum atomic E-state index is -4.67. The molecule has 4 N–H and O–H groups in total. The molecule has 39 heavy (non-hydrogen) atoms. The van der Waals surface area contributed by atoms with Gasteiger partial charge in [-0.2, -0.15) is 18.6 Å². The molecule has 13 nitrogen and oxygen atoms in total. The van der Waals surface area contributed by atoms with Crippen LogP contribution in [-0.2, 0) is 10.4 Å². The zero-order valence-electron chi connectivity index (χ0n) is 21.5. The Morgan fingerprint density at radius 1 is 0.744 bits per heavy atom. The van der Waals surface area contributed by atoms with E-state index in [1.54, 1.807) is 83.2 Å². The highest BCUT2D eigenvalue weighted by atomic mass is 32.3. The van der Waals surface area contributed by atoms with Gasteiger partial charge in [0.05, 0.1) is 46.6 Å². The van der Waals surface area contributed by atoms with E-state index >= 15 is 0 Å². The molecule has 3 aromatic carbocycles. The summed E-state index contributed by atoms with van der Waals surface area (Å²) in [7, 11) is 1.64. The number of ether oxygens (including phenoxy) is 4. The summed E-state index contributed by atoms with van der Waals surface area (Å²) < 4.78 is 52.6. The Morgan fingerprint density at radius 2 is 1.21 bits per heavy atom. The van der Waals surface area contributed by atoms with Crippen molar-refractivity contribution in [2.24, 2.45) is 10.2 Å². The molecule has 3 rings (SSSR count). The van der Waals surface area contributed by atoms with Gasteiger partial charge in [-0.15, -0.1) is 0 Å². The third-order valence-corrected chi connectivity index (χ3v) is 4.80. The second-order valence-electron chi connectivity index (χ2n) is 7.31. The lowest BCUT2D eigenvalue weighted by Crippen LogP contribution is -2.17. The van der Waals surface area contributed by atoms with E-state index in [9.17, 15) is 4.79 Å². The zero-order chi connectivity index (χ0) is 28.8. The molecule has 0 bridgehead atoms. The van der Waals surface area contributed by atoms with Gasteiger partial charge in [0, 0.05) is 28.8 Å². The molecule has 0 heterocycles. The fourth-order valence-electron chi connectivity index (χ4n) is 2.95. The van der Waals surface area contributed by atoms with Crippen molar-refractivity contribution in [3.63, 3.8) is 0 Å². The molecule has 0 fully saturated rings. The van der Waals surface area contributed by atoms with Gasteiger partial charge in [0.2, 0.25) is 0 Å². The molecule has 14 heteroatoms. The van der Waals surface area contributed by atoms with E-state index in [0.717, 1.165) is 5.56 Å². The maximum atomic E-state index is 12.4. The predicted octanol–water partition coefficient (Wildman–Crippen LogP) is 3.28. The van der Waals surface area contributed by atoms with Crippen molar-refractivity contribution in [1.82, 2.24) is 5.43 Å². The molecule has 0 atom stereocenters. The minimum absolute atomic E-state index is 0.346. The molecule has 0 aromatic heterocycles. The topological polar surface area (TPSA) is 177 Å². The van der Waals surface area contributed by atoms with Gasteiger partial charge < -0.3 is 18.9 Å². The van der Waals surface area contributed by atoms with Crippen LogP contribution in [0.2, 0.25) is 0 Å². The number of hydrazone groups is 2. The van der Waals surface area contributed by atoms with E-state index < -0.39 is 10.4 Å². The van der Waals surface area contributed by atoms with Crippen LogP contribution in [-0.4, -0.2) is 64.3 Å². The summed E-state index contributed by atoms with van der Waals surface area (Å²) in [5.74, 6) is 2.24. The molecule has 0 saturated heterocycles. The van der Waals surface area contributed by atoms with E-state index in [2.05, 4.69) is 21.1 Å². The summed E-state index contributed by atoms with van der Waals surface area (Å²) in [6, 6.07) is 17.6. The van der Waals surface area contributed by atoms with Crippen molar-refractivity contribution in [3.05, 3.63) is 77.4 Å². The van der Waals surface area contributed by atoms with Crippen molar-refractivity contribution in [2.75, 3.05) is 33.9 Å². The average molecular weight is 561 g/mol. The van der Waals surface area contributed by atoms with Gasteiger partial charge in [0.25, 0.3) is 5.91 Å². The molecule has 0 spiro atoms. The highest BCUT2D eigenvalue weighted by Crippen LogP contribution is 2.24. The third-order valence-electron chi connectivity index (χ3n) is 4.80. The Kier molecular flexibility index (Phi) is 11.7. The van der Waals surface area contributed by atoms with Crippen LogP contribution >= 0.6 is 0 Å². The predicted molar refractivity (Wildman–Crippen MR) is 146 cm³/mol. The van der Waals surface area contributed by atoms with Gasteiger partial charge in [-0.1, -0.05) is 0 Å². The van der Waals surface area contributed by atoms with Crippen LogP contribution in [0.5, 0.6) is 23.0 Å². The minimum Gasteiger partial charge on any atom is -0.497 e. The number of carbonyl (C=O) groups excluding carboxylic acids is 1. The lowest BCUT2D eigenvalue weighted by Gasteiger charge is -2.07. The SMILES string of the molecule is COc1ccc(C=NNC(=O)c2ccc(NN=Cc3ccc(OC)cc3OC)cc2)c(OC)c1.O=S(=O)(O)O. The molecule has 208 valence electrons. The van der Waals surface area contributed by atoms with Crippen LogP contribution in [0.1, 0.15) is 21.5 Å². The van der Waals surface area contributed by atoms with E-state index in [-0.39, 0.29) is 5.91 Å². The molecule has 0 unspecified atom stereocenters. The number of rotatable bonds is 10. The number of benzene rings is 3. The number of nitrogens with one attached hydrogen (secondary N) is 2. The van der Waals surface area contributed by atoms with Gasteiger partial charge in [0.1, 0.15) is 23.0 Å². The van der Waals surface area contributed by atoms with E-state index in [1.165, 1.54) is 6.21 Å². The monoisotopic (exact) mass is 560 g/mol. The lowest BCUT2D eigenvalue weighted by molar-refractivity contribution is 0.0955. The summed E-state index contributed by atoms with van der Waals surface area (Å²) in [4.78, 5) is 12.4. The first-order valence-corrected chi connectivity index (χ1v) is 12.3. The van der Waals surface area contributed by atoms with Crippen molar-refractivity contribution in [1.29, 1.82) is 0 Å². The summed E-state index contributed by atoms with van der Waals surface area (Å²) in [5, 5.41) is 8.23. The number of anilines is 1. The number of hydrogen-bond donors (Lipinski definition) is 4. The summed E-state index contributed by atoms with van der Waals surface area (Å²) in [6.07, 6.45) is 3.15. The molecular weight excluding hydrogens is 532 g/mol. The Balaban J connectivity index is 0.000000976. The standard InChI is InChI=1S/C25H26N4O5.H2O4S/c1-31-21-11-7-18(23(13-21)33-3)15-26-28-20-9-5-17(6-10-20)25(30)29-27-16-19-8-12-22(32-2)14-24(19)34-4;1-5(2,3)4/h5-16,28H,1-4H3,(H,29,30);(H2,1,2,3,4). The largest absolute Gasteiger partial charge is 0.497 e. The van der Waals surface area contributed by atoms with Gasteiger partial charge in [-0.05, 0) is 48.5 Å². The van der Waals surface area contributed by atoms with Crippen LogP contribution in [0, 0.1) is 0 Å². The zero-order valence-corrected chi connectivity index (χ0v) is 22.3. The summed E-state index contributed by atoms with van der Waals surface area (Å²) in [6.45, 7) is 0. The highest BCUT2D eigenvalue weighted by molar-refractivity contribution is 7.79. The van der Waals surface area contributed by atoms with Crippen LogP contribution in [0.3, 0.4) is 0 Å². The van der Waals surface area contributed by atoms with E-state index in [4.69, 9.17) is 36.5 Å². The van der Waals surface area contributed by atoms with Crippen molar-refractivity contribution in [2.45, 2.75) is 0 Å². The molecule has 0 aliphatic heterocycles. The first-order valence-electron chi connectivity index (χ1n) is 10.9. The molecule has 0 saturated carbocycles. The normalized spacial score (nSPS) is 10.9. The fraction of sp³-hybridized carbons (Fsp3) is 0.160. The molecular formula is C25H28N4O9S. The van der Waals surface area contributed by atoms with Crippen LogP contribution in [0.15, 0.2) is 70.9 Å². The summed E-state index contributed by atoms with van der Waals surface area (Å²) in [5.41, 5.74) is 8.08. The average Bonchev–Trinajstić information content (AvgIpc) is 2.92. The maximum absolute atomic E-state index is 12.4. The second-order valence-corrected chi connectivity index (χ2v) is 8.21. The first-order chi connectivity index (χ1) is 18.6. The number of carbonyl (C=O) groups is 1. The lowest BCUT2D eigenvalue weighted by atomic mass is 10.2. The third kappa shape index (κ3) is 10.7. The summed E-state index contributed by atoms with van der Waals surface area (Å²) >= 11 is 0. The van der Waals surface area contributed by atoms with Gasteiger partial charge in [0.15, 0.2) is 0 Å². The highest BCUT2D eigenvalue weighted by Gasteiger charge is 2.06. The quantitative estimate of drug-likeness (QED) is 0.163.